The van der Waals surface area contributed by atoms with E-state index in [9.17, 15) is 14.4 Å². The van der Waals surface area contributed by atoms with Gasteiger partial charge in [-0.1, -0.05) is 48.8 Å². The molecular weight excluding hydrogens is 635 g/mol. The third-order valence-electron chi connectivity index (χ3n) is 4.70. The zero-order chi connectivity index (χ0) is 30.7. The highest BCUT2D eigenvalue weighted by atomic mass is 35.5. The molecule has 0 amide bonds. The molecule has 4 rings (SSSR count). The Bertz CT molecular complexity index is 1560. The minimum Gasteiger partial charge on any atom is -0.416 e. The Kier molecular flexibility index (Phi) is 13.8. The van der Waals surface area contributed by atoms with Crippen molar-refractivity contribution < 1.29 is 14.3 Å². The smallest absolute Gasteiger partial charge is 0.372 e. The molecule has 0 saturated heterocycles. The molecule has 0 aromatic carbocycles. The number of carbonyl (C=O) groups is 2. The maximum Gasteiger partial charge on any atom is 0.372 e. The minimum atomic E-state index is -0.406. The molecule has 220 valence electrons. The highest BCUT2D eigenvalue weighted by Gasteiger charge is 2.17. The lowest BCUT2D eigenvalue weighted by Crippen LogP contribution is -2.10. The first-order valence-electron chi connectivity index (χ1n) is 11.8. The molecule has 0 atom stereocenters. The van der Waals surface area contributed by atoms with Crippen molar-refractivity contribution in [1.82, 2.24) is 40.0 Å². The van der Waals surface area contributed by atoms with Crippen LogP contribution in [0, 0.1) is 13.8 Å². The Morgan fingerprint density at radius 3 is 1.90 bits per heavy atom. The Morgan fingerprint density at radius 2 is 1.46 bits per heavy atom. The van der Waals surface area contributed by atoms with Crippen molar-refractivity contribution in [1.29, 1.82) is 0 Å². The summed E-state index contributed by atoms with van der Waals surface area (Å²) in [5, 5.41) is 22.6. The molecule has 41 heavy (non-hydrogen) atoms. The molecule has 0 bridgehead atoms. The van der Waals surface area contributed by atoms with Gasteiger partial charge in [0.15, 0.2) is 22.3 Å². The number of carbonyl (C=O) groups excluding carboxylic acids is 2. The molecule has 0 aliphatic carbocycles. The normalized spacial score (nSPS) is 10.3. The molecule has 17 heteroatoms. The van der Waals surface area contributed by atoms with Gasteiger partial charge in [0.25, 0.3) is 4.57 Å². The largest absolute Gasteiger partial charge is 0.416 e. The molecule has 0 spiro atoms. The summed E-state index contributed by atoms with van der Waals surface area (Å²) >= 11 is 18.5. The van der Waals surface area contributed by atoms with E-state index in [-0.39, 0.29) is 26.1 Å². The molecule has 0 aliphatic rings. The van der Waals surface area contributed by atoms with Gasteiger partial charge in [-0.15, -0.1) is 10.2 Å². The zero-order valence-electron chi connectivity index (χ0n) is 22.9. The van der Waals surface area contributed by atoms with E-state index < -0.39 is 5.30 Å². The summed E-state index contributed by atoms with van der Waals surface area (Å²) in [6, 6.07) is 6.40. The SMILES string of the molecule is CCSC(=O)Cl.CCSC(=O)Oc1cc(Cl)nnc1-c1cc(C)nn1C.Cc1cc(-c2n[nH]c(Cl)cc2=O)n(C)n1. The Morgan fingerprint density at radius 1 is 0.902 bits per heavy atom. The fourth-order valence-electron chi connectivity index (χ4n) is 3.19. The molecular formula is C24H27Cl3N8O4S2. The number of hydrogen-bond donors (Lipinski definition) is 1. The average Bonchev–Trinajstić information content (AvgIpc) is 3.39. The maximum absolute atomic E-state index is 11.6. The van der Waals surface area contributed by atoms with Crippen LogP contribution in [0.15, 0.2) is 29.1 Å². The third-order valence-corrected chi connectivity index (χ3v) is 6.53. The summed E-state index contributed by atoms with van der Waals surface area (Å²) < 4.78 is 8.22. The van der Waals surface area contributed by atoms with Crippen LogP contribution < -0.4 is 10.2 Å². The lowest BCUT2D eigenvalue weighted by molar-refractivity contribution is 0.227. The van der Waals surface area contributed by atoms with Crippen LogP contribution in [0.1, 0.15) is 25.2 Å². The number of nitrogens with one attached hydrogen (secondary N) is 1. The highest BCUT2D eigenvalue weighted by Crippen LogP contribution is 2.30. The van der Waals surface area contributed by atoms with Crippen molar-refractivity contribution >= 4 is 68.2 Å². The van der Waals surface area contributed by atoms with E-state index in [1.165, 1.54) is 12.1 Å². The minimum absolute atomic E-state index is 0.164. The molecule has 4 heterocycles. The van der Waals surface area contributed by atoms with Crippen molar-refractivity contribution in [2.75, 3.05) is 11.5 Å². The van der Waals surface area contributed by atoms with Gasteiger partial charge in [-0.3, -0.25) is 24.1 Å². The molecule has 0 radical (unpaired) electrons. The second-order valence-corrected chi connectivity index (χ2v) is 11.7. The van der Waals surface area contributed by atoms with Crippen LogP contribution in [0.4, 0.5) is 9.59 Å². The van der Waals surface area contributed by atoms with E-state index in [2.05, 4.69) is 30.6 Å². The van der Waals surface area contributed by atoms with Crippen LogP contribution in [-0.2, 0) is 14.1 Å². The van der Waals surface area contributed by atoms with Crippen LogP contribution in [0.3, 0.4) is 0 Å². The maximum atomic E-state index is 11.6. The molecule has 12 nitrogen and oxygen atoms in total. The van der Waals surface area contributed by atoms with Gasteiger partial charge in [-0.2, -0.15) is 15.3 Å². The third kappa shape index (κ3) is 10.8. The van der Waals surface area contributed by atoms with E-state index >= 15 is 0 Å². The van der Waals surface area contributed by atoms with Gasteiger partial charge < -0.3 is 4.74 Å². The van der Waals surface area contributed by atoms with E-state index in [1.54, 1.807) is 29.5 Å². The van der Waals surface area contributed by atoms with Crippen molar-refractivity contribution in [2.24, 2.45) is 14.1 Å². The Balaban J connectivity index is 0.000000246. The van der Waals surface area contributed by atoms with Crippen molar-refractivity contribution in [3.63, 3.8) is 0 Å². The van der Waals surface area contributed by atoms with Gasteiger partial charge in [0.05, 0.1) is 22.8 Å². The summed E-state index contributed by atoms with van der Waals surface area (Å²) in [4.78, 5) is 33.0. The lowest BCUT2D eigenvalue weighted by Gasteiger charge is -2.08. The summed E-state index contributed by atoms with van der Waals surface area (Å²) in [5.41, 5.74) is 3.58. The monoisotopic (exact) mass is 660 g/mol. The number of aromatic nitrogens is 8. The highest BCUT2D eigenvalue weighted by molar-refractivity contribution is 8.16. The second-order valence-electron chi connectivity index (χ2n) is 7.85. The Labute approximate surface area is 259 Å². The number of halogens is 3. The average molecular weight is 662 g/mol. The predicted molar refractivity (Wildman–Crippen MR) is 164 cm³/mol. The van der Waals surface area contributed by atoms with Crippen LogP contribution >= 0.6 is 58.3 Å². The first-order chi connectivity index (χ1) is 19.4. The van der Waals surface area contributed by atoms with Crippen molar-refractivity contribution in [3.8, 4) is 28.5 Å². The Hall–Kier alpha value is -2.91. The number of H-pyrrole nitrogens is 1. The molecule has 4 aromatic heterocycles. The van der Waals surface area contributed by atoms with Crippen LogP contribution in [0.5, 0.6) is 5.75 Å². The number of nitrogens with zero attached hydrogens (tertiary/aromatic N) is 7. The number of rotatable bonds is 5. The van der Waals surface area contributed by atoms with Crippen LogP contribution in [0.2, 0.25) is 10.3 Å². The van der Waals surface area contributed by atoms with E-state index in [0.29, 0.717) is 28.5 Å². The fraction of sp³-hybridized carbons (Fsp3) is 0.333. The fourth-order valence-corrected chi connectivity index (χ4v) is 4.40. The molecule has 4 aromatic rings. The molecule has 0 aliphatic heterocycles. The first kappa shape index (κ1) is 34.3. The lowest BCUT2D eigenvalue weighted by atomic mass is 10.2. The van der Waals surface area contributed by atoms with Crippen molar-refractivity contribution in [2.45, 2.75) is 27.7 Å². The summed E-state index contributed by atoms with van der Waals surface area (Å²) in [5.74, 6) is 1.67. The zero-order valence-corrected chi connectivity index (χ0v) is 26.8. The van der Waals surface area contributed by atoms with Crippen LogP contribution in [0.25, 0.3) is 22.8 Å². The van der Waals surface area contributed by atoms with Gasteiger partial charge in [0.2, 0.25) is 5.43 Å². The van der Waals surface area contributed by atoms with Crippen LogP contribution in [-0.4, -0.2) is 61.3 Å². The second kappa shape index (κ2) is 16.5. The topological polar surface area (TPSA) is 151 Å². The van der Waals surface area contributed by atoms with Gasteiger partial charge in [-0.25, -0.2) is 4.79 Å². The standard InChI is InChI=1S/C12H13ClN4O2S.C9H9ClN4O.C3H5ClOS/c1-4-20-12(18)19-9-6-10(13)14-15-11(9)8-5-7(2)16-17(8)3;1-5-3-6(14(2)13-5)9-7(15)4-8(10)11-12-9;1-2-6-3(4)5/h5-6H,4H2,1-3H3;3-4H,1-2H3,(H,11,15);2H2,1H3. The molecule has 0 saturated carbocycles. The molecule has 0 fully saturated rings. The number of thioether (sulfide) groups is 2. The van der Waals surface area contributed by atoms with E-state index in [1.807, 2.05) is 33.8 Å². The number of aromatic amines is 1. The van der Waals surface area contributed by atoms with Gasteiger partial charge in [-0.05, 0) is 55.1 Å². The summed E-state index contributed by atoms with van der Waals surface area (Å²) in [6.45, 7) is 7.47. The number of hydrogen-bond acceptors (Lipinski definition) is 11. The van der Waals surface area contributed by atoms with Gasteiger partial charge in [0, 0.05) is 32.0 Å². The van der Waals surface area contributed by atoms with E-state index in [4.69, 9.17) is 39.5 Å². The number of ether oxygens (including phenoxy) is 1. The molecule has 0 unspecified atom stereocenters. The van der Waals surface area contributed by atoms with Gasteiger partial charge in [0.1, 0.15) is 5.15 Å². The predicted octanol–water partition coefficient (Wildman–Crippen LogP) is 6.32. The quantitative estimate of drug-likeness (QED) is 0.189. The number of aryl methyl sites for hydroxylation is 4. The van der Waals surface area contributed by atoms with Gasteiger partial charge >= 0.3 is 5.30 Å². The molecule has 1 N–H and O–H groups in total. The van der Waals surface area contributed by atoms with E-state index in [0.717, 1.165) is 40.7 Å². The first-order valence-corrected chi connectivity index (χ1v) is 14.9. The summed E-state index contributed by atoms with van der Waals surface area (Å²) in [7, 11) is 3.54. The summed E-state index contributed by atoms with van der Waals surface area (Å²) in [6.07, 6.45) is 0. The van der Waals surface area contributed by atoms with Crippen molar-refractivity contribution in [3.05, 3.63) is 56.2 Å².